The molecule has 2 rings (SSSR count). The van der Waals surface area contributed by atoms with Gasteiger partial charge in [-0.05, 0) is 36.2 Å². The molecular weight excluding hydrogens is 290 g/mol. The highest BCUT2D eigenvalue weighted by Gasteiger charge is 2.01. The van der Waals surface area contributed by atoms with E-state index in [4.69, 9.17) is 0 Å². The third-order valence-corrected chi connectivity index (χ3v) is 2.96. The highest BCUT2D eigenvalue weighted by atomic mass is 79.9. The summed E-state index contributed by atoms with van der Waals surface area (Å²) in [5.41, 5.74) is 5.08. The molecule has 0 spiro atoms. The summed E-state index contributed by atoms with van der Waals surface area (Å²) in [6.45, 7) is 2.08. The van der Waals surface area contributed by atoms with E-state index >= 15 is 0 Å². The molecule has 1 aromatic carbocycles. The average Bonchev–Trinajstić information content (AvgIpc) is 2.41. The number of pyridine rings is 1. The number of nitrogens with one attached hydrogen (secondary N) is 1. The van der Waals surface area contributed by atoms with Crippen LogP contribution in [0.1, 0.15) is 18.9 Å². The highest BCUT2D eigenvalue weighted by molar-refractivity contribution is 9.10. The van der Waals surface area contributed by atoms with Crippen LogP contribution >= 0.6 is 15.9 Å². The molecule has 0 fully saturated rings. The number of rotatable bonds is 4. The van der Waals surface area contributed by atoms with Gasteiger partial charge in [0, 0.05) is 10.7 Å². The summed E-state index contributed by atoms with van der Waals surface area (Å²) in [6, 6.07) is 13.8. The summed E-state index contributed by atoms with van der Waals surface area (Å²) < 4.78 is 1.05. The molecule has 0 bridgehead atoms. The molecule has 2 aromatic rings. The van der Waals surface area contributed by atoms with E-state index in [-0.39, 0.29) is 0 Å². The first-order chi connectivity index (χ1) is 8.79. The molecule has 0 aliphatic rings. The minimum atomic E-state index is 0.749. The number of hydrogen-bond donors (Lipinski definition) is 1. The SMILES string of the molecule is CC/C(=N/Nc1ccccn1)c1cccc(Br)c1. The predicted octanol–water partition coefficient (Wildman–Crippen LogP) is 4.07. The van der Waals surface area contributed by atoms with Gasteiger partial charge in [-0.25, -0.2) is 4.98 Å². The minimum Gasteiger partial charge on any atom is -0.261 e. The Hall–Kier alpha value is -1.68. The summed E-state index contributed by atoms with van der Waals surface area (Å²) in [5, 5.41) is 4.41. The summed E-state index contributed by atoms with van der Waals surface area (Å²) in [6.07, 6.45) is 2.60. The average molecular weight is 304 g/mol. The second kappa shape index (κ2) is 6.31. The molecule has 1 heterocycles. The number of halogens is 1. The number of aromatic nitrogens is 1. The Labute approximate surface area is 115 Å². The van der Waals surface area contributed by atoms with Gasteiger partial charge in [0.15, 0.2) is 0 Å². The molecule has 1 N–H and O–H groups in total. The lowest BCUT2D eigenvalue weighted by atomic mass is 10.1. The van der Waals surface area contributed by atoms with Crippen LogP contribution in [-0.2, 0) is 0 Å². The van der Waals surface area contributed by atoms with Gasteiger partial charge in [-0.15, -0.1) is 0 Å². The second-order valence-electron chi connectivity index (χ2n) is 3.75. The molecular formula is C14H14BrN3. The van der Waals surface area contributed by atoms with Crippen molar-refractivity contribution in [1.29, 1.82) is 0 Å². The zero-order valence-electron chi connectivity index (χ0n) is 10.1. The molecule has 0 aliphatic heterocycles. The van der Waals surface area contributed by atoms with Gasteiger partial charge in [-0.1, -0.05) is 41.1 Å². The van der Waals surface area contributed by atoms with Crippen LogP contribution in [-0.4, -0.2) is 10.7 Å². The Kier molecular flexibility index (Phi) is 4.47. The zero-order chi connectivity index (χ0) is 12.8. The topological polar surface area (TPSA) is 37.3 Å². The molecule has 1 aromatic heterocycles. The molecule has 0 unspecified atom stereocenters. The third-order valence-electron chi connectivity index (χ3n) is 2.46. The molecule has 0 atom stereocenters. The largest absolute Gasteiger partial charge is 0.261 e. The van der Waals surface area contributed by atoms with E-state index in [0.29, 0.717) is 0 Å². The Morgan fingerprint density at radius 1 is 1.28 bits per heavy atom. The van der Waals surface area contributed by atoms with E-state index in [2.05, 4.69) is 44.4 Å². The van der Waals surface area contributed by atoms with Crippen molar-refractivity contribution in [2.24, 2.45) is 5.10 Å². The Morgan fingerprint density at radius 2 is 2.17 bits per heavy atom. The zero-order valence-corrected chi connectivity index (χ0v) is 11.7. The highest BCUT2D eigenvalue weighted by Crippen LogP contribution is 2.14. The monoisotopic (exact) mass is 303 g/mol. The van der Waals surface area contributed by atoms with Crippen molar-refractivity contribution in [3.63, 3.8) is 0 Å². The van der Waals surface area contributed by atoms with E-state index in [1.165, 1.54) is 0 Å². The first-order valence-electron chi connectivity index (χ1n) is 5.79. The molecule has 0 saturated heterocycles. The van der Waals surface area contributed by atoms with Gasteiger partial charge in [0.05, 0.1) is 5.71 Å². The lowest BCUT2D eigenvalue weighted by Crippen LogP contribution is -2.03. The molecule has 0 amide bonds. The van der Waals surface area contributed by atoms with Crippen LogP contribution in [0, 0.1) is 0 Å². The molecule has 3 nitrogen and oxygen atoms in total. The van der Waals surface area contributed by atoms with Crippen molar-refractivity contribution < 1.29 is 0 Å². The van der Waals surface area contributed by atoms with E-state index in [9.17, 15) is 0 Å². The van der Waals surface area contributed by atoms with E-state index < -0.39 is 0 Å². The van der Waals surface area contributed by atoms with Gasteiger partial charge < -0.3 is 0 Å². The molecule has 0 radical (unpaired) electrons. The first kappa shape index (κ1) is 12.8. The van der Waals surface area contributed by atoms with Crippen LogP contribution in [0.3, 0.4) is 0 Å². The maximum atomic E-state index is 4.41. The maximum Gasteiger partial charge on any atom is 0.146 e. The number of benzene rings is 1. The minimum absolute atomic E-state index is 0.749. The van der Waals surface area contributed by atoms with E-state index in [1.807, 2.05) is 36.4 Å². The van der Waals surface area contributed by atoms with Crippen LogP contribution < -0.4 is 5.43 Å². The van der Waals surface area contributed by atoms with Crippen molar-refractivity contribution in [1.82, 2.24) is 4.98 Å². The van der Waals surface area contributed by atoms with Crippen molar-refractivity contribution in [3.8, 4) is 0 Å². The lowest BCUT2D eigenvalue weighted by molar-refractivity contribution is 1.18. The van der Waals surface area contributed by atoms with Crippen molar-refractivity contribution in [2.75, 3.05) is 5.43 Å². The van der Waals surface area contributed by atoms with Crippen LogP contribution in [0.5, 0.6) is 0 Å². The maximum absolute atomic E-state index is 4.41. The Bertz CT molecular complexity index is 538. The van der Waals surface area contributed by atoms with Gasteiger partial charge in [-0.2, -0.15) is 5.10 Å². The third kappa shape index (κ3) is 3.40. The fraction of sp³-hybridized carbons (Fsp3) is 0.143. The van der Waals surface area contributed by atoms with Gasteiger partial charge in [0.2, 0.25) is 0 Å². The summed E-state index contributed by atoms with van der Waals surface area (Å²) in [7, 11) is 0. The molecule has 18 heavy (non-hydrogen) atoms. The van der Waals surface area contributed by atoms with Crippen molar-refractivity contribution >= 4 is 27.5 Å². The predicted molar refractivity (Wildman–Crippen MR) is 78.8 cm³/mol. The number of anilines is 1. The van der Waals surface area contributed by atoms with Crippen LogP contribution in [0.25, 0.3) is 0 Å². The van der Waals surface area contributed by atoms with Crippen LogP contribution in [0.4, 0.5) is 5.82 Å². The number of hydrogen-bond acceptors (Lipinski definition) is 3. The van der Waals surface area contributed by atoms with Gasteiger partial charge >= 0.3 is 0 Å². The molecule has 0 saturated carbocycles. The normalized spacial score (nSPS) is 11.3. The standard InChI is InChI=1S/C14H14BrN3/c1-2-13(11-6-5-7-12(15)10-11)17-18-14-8-3-4-9-16-14/h3-10H,2H2,1H3,(H,16,18)/b17-13-. The summed E-state index contributed by atoms with van der Waals surface area (Å²) >= 11 is 3.47. The van der Waals surface area contributed by atoms with Gasteiger partial charge in [-0.3, -0.25) is 5.43 Å². The first-order valence-corrected chi connectivity index (χ1v) is 6.58. The smallest absolute Gasteiger partial charge is 0.146 e. The fourth-order valence-electron chi connectivity index (χ4n) is 1.57. The van der Waals surface area contributed by atoms with Crippen LogP contribution in [0.15, 0.2) is 58.2 Å². The number of hydrazone groups is 1. The molecule has 4 heteroatoms. The Balaban J connectivity index is 2.18. The Morgan fingerprint density at radius 3 is 2.83 bits per heavy atom. The summed E-state index contributed by atoms with van der Waals surface area (Å²) in [4.78, 5) is 4.17. The van der Waals surface area contributed by atoms with E-state index in [1.54, 1.807) is 6.20 Å². The van der Waals surface area contributed by atoms with Gasteiger partial charge in [0.1, 0.15) is 5.82 Å². The summed E-state index contributed by atoms with van der Waals surface area (Å²) in [5.74, 6) is 0.749. The quantitative estimate of drug-likeness (QED) is 0.683. The molecule has 0 aliphatic carbocycles. The van der Waals surface area contributed by atoms with Crippen LogP contribution in [0.2, 0.25) is 0 Å². The lowest BCUT2D eigenvalue weighted by Gasteiger charge is -2.05. The number of nitrogens with zero attached hydrogens (tertiary/aromatic N) is 2. The van der Waals surface area contributed by atoms with Gasteiger partial charge in [0.25, 0.3) is 0 Å². The van der Waals surface area contributed by atoms with E-state index in [0.717, 1.165) is 28.0 Å². The fourth-order valence-corrected chi connectivity index (χ4v) is 1.97. The second-order valence-corrected chi connectivity index (χ2v) is 4.66. The van der Waals surface area contributed by atoms with Crippen molar-refractivity contribution in [3.05, 3.63) is 58.7 Å². The molecule has 92 valence electrons. The van der Waals surface area contributed by atoms with Crippen molar-refractivity contribution in [2.45, 2.75) is 13.3 Å².